The Kier molecular flexibility index (Phi) is 6.41. The number of nitrogens with one attached hydrogen (secondary N) is 1. The van der Waals surface area contributed by atoms with Crippen LogP contribution < -0.4 is 14.8 Å². The van der Waals surface area contributed by atoms with Crippen molar-refractivity contribution >= 4 is 39.8 Å². The minimum atomic E-state index is 0.0740. The van der Waals surface area contributed by atoms with Crippen molar-refractivity contribution in [2.45, 2.75) is 37.1 Å². The van der Waals surface area contributed by atoms with Crippen molar-refractivity contribution in [2.75, 3.05) is 30.8 Å². The van der Waals surface area contributed by atoms with Gasteiger partial charge in [-0.05, 0) is 61.6 Å². The summed E-state index contributed by atoms with van der Waals surface area (Å²) in [4.78, 5) is 15.0. The van der Waals surface area contributed by atoms with Crippen LogP contribution in [0.5, 0.6) is 11.5 Å². The van der Waals surface area contributed by atoms with Crippen molar-refractivity contribution in [1.29, 1.82) is 0 Å². The molecular formula is C24H26N4O3S2. The molecule has 3 heterocycles. The molecule has 1 saturated heterocycles. The van der Waals surface area contributed by atoms with Crippen LogP contribution in [-0.2, 0) is 4.79 Å². The summed E-state index contributed by atoms with van der Waals surface area (Å²) < 4.78 is 12.1. The second-order valence-electron chi connectivity index (χ2n) is 8.18. The largest absolute Gasteiger partial charge is 0.486 e. The maximum absolute atomic E-state index is 13.1. The predicted molar refractivity (Wildman–Crippen MR) is 131 cm³/mol. The molecule has 0 bridgehead atoms. The summed E-state index contributed by atoms with van der Waals surface area (Å²) in [5, 5.41) is 12.6. The summed E-state index contributed by atoms with van der Waals surface area (Å²) in [7, 11) is 0. The zero-order chi connectivity index (χ0) is 22.8. The van der Waals surface area contributed by atoms with Gasteiger partial charge in [0.25, 0.3) is 0 Å². The number of fused-ring (bicyclic) bond motifs is 1. The number of carbonyl (C=O) groups excluding carboxylic acids is 1. The number of anilines is 2. The van der Waals surface area contributed by atoms with Gasteiger partial charge in [0.2, 0.25) is 11.0 Å². The third-order valence-electron chi connectivity index (χ3n) is 6.10. The number of hydrogen-bond donors (Lipinski definition) is 1. The van der Waals surface area contributed by atoms with E-state index in [2.05, 4.69) is 35.4 Å². The lowest BCUT2D eigenvalue weighted by molar-refractivity contribution is -0.129. The zero-order valence-corrected chi connectivity index (χ0v) is 20.3. The number of hydrogen-bond acceptors (Lipinski definition) is 8. The highest BCUT2D eigenvalue weighted by Crippen LogP contribution is 2.38. The van der Waals surface area contributed by atoms with Crippen LogP contribution in [0, 0.1) is 13.8 Å². The van der Waals surface area contributed by atoms with Crippen molar-refractivity contribution in [1.82, 2.24) is 15.1 Å². The van der Waals surface area contributed by atoms with Crippen LogP contribution in [-0.4, -0.2) is 46.5 Å². The van der Waals surface area contributed by atoms with Crippen LogP contribution in [0.25, 0.3) is 0 Å². The summed E-state index contributed by atoms with van der Waals surface area (Å²) in [5.74, 6) is 2.01. The van der Waals surface area contributed by atoms with E-state index >= 15 is 0 Å². The highest BCUT2D eigenvalue weighted by molar-refractivity contribution is 8.01. The van der Waals surface area contributed by atoms with Gasteiger partial charge in [-0.2, -0.15) is 0 Å². The number of rotatable bonds is 6. The van der Waals surface area contributed by atoms with Crippen molar-refractivity contribution < 1.29 is 14.3 Å². The number of aromatic nitrogens is 2. The van der Waals surface area contributed by atoms with Gasteiger partial charge in [-0.1, -0.05) is 41.3 Å². The van der Waals surface area contributed by atoms with Crippen molar-refractivity contribution in [2.24, 2.45) is 0 Å². The smallest absolute Gasteiger partial charge is 0.233 e. The molecule has 2 aliphatic rings. The normalized spacial score (nSPS) is 17.3. The van der Waals surface area contributed by atoms with E-state index in [1.165, 1.54) is 34.2 Å². The van der Waals surface area contributed by atoms with Crippen molar-refractivity contribution in [3.8, 4) is 11.5 Å². The average Bonchev–Trinajstić information content (AvgIpc) is 3.50. The molecular weight excluding hydrogens is 456 g/mol. The van der Waals surface area contributed by atoms with Crippen LogP contribution in [0.2, 0.25) is 0 Å². The quantitative estimate of drug-likeness (QED) is 0.488. The Hall–Kier alpha value is -2.78. The Bertz CT molecular complexity index is 1170. The fourth-order valence-corrected chi connectivity index (χ4v) is 5.86. The number of nitrogens with zero attached hydrogens (tertiary/aromatic N) is 3. The first-order valence-electron chi connectivity index (χ1n) is 11.1. The molecule has 0 spiro atoms. The van der Waals surface area contributed by atoms with Gasteiger partial charge in [-0.15, -0.1) is 10.2 Å². The number of carbonyl (C=O) groups is 1. The highest BCUT2D eigenvalue weighted by Gasteiger charge is 2.31. The van der Waals surface area contributed by atoms with E-state index in [4.69, 9.17) is 9.47 Å². The Morgan fingerprint density at radius 1 is 1.18 bits per heavy atom. The Labute approximate surface area is 201 Å². The lowest BCUT2D eigenvalue weighted by Gasteiger charge is -2.26. The lowest BCUT2D eigenvalue weighted by atomic mass is 10.0. The monoisotopic (exact) mass is 482 g/mol. The van der Waals surface area contributed by atoms with Gasteiger partial charge >= 0.3 is 0 Å². The van der Waals surface area contributed by atoms with Crippen LogP contribution in [0.1, 0.15) is 35.6 Å². The number of aryl methyl sites for hydroxylation is 1. The van der Waals surface area contributed by atoms with E-state index < -0.39 is 0 Å². The molecule has 9 heteroatoms. The summed E-state index contributed by atoms with van der Waals surface area (Å²) in [6, 6.07) is 12.2. The summed E-state index contributed by atoms with van der Waals surface area (Å²) in [6.45, 7) is 6.08. The van der Waals surface area contributed by atoms with Gasteiger partial charge in [0.05, 0.1) is 11.8 Å². The van der Waals surface area contributed by atoms with E-state index in [-0.39, 0.29) is 11.9 Å². The number of ether oxygens (including phenoxy) is 2. The van der Waals surface area contributed by atoms with Gasteiger partial charge < -0.3 is 19.7 Å². The van der Waals surface area contributed by atoms with Gasteiger partial charge in [0.1, 0.15) is 13.2 Å². The molecule has 172 valence electrons. The average molecular weight is 483 g/mol. The lowest BCUT2D eigenvalue weighted by Crippen LogP contribution is -2.32. The van der Waals surface area contributed by atoms with E-state index in [1.807, 2.05) is 35.2 Å². The maximum Gasteiger partial charge on any atom is 0.233 e. The minimum Gasteiger partial charge on any atom is -0.486 e. The fourth-order valence-electron chi connectivity index (χ4n) is 4.21. The molecule has 1 amide bonds. The molecule has 7 nitrogen and oxygen atoms in total. The third kappa shape index (κ3) is 4.79. The Morgan fingerprint density at radius 2 is 2.03 bits per heavy atom. The molecule has 0 radical (unpaired) electrons. The summed E-state index contributed by atoms with van der Waals surface area (Å²) in [5.41, 5.74) is 4.54. The third-order valence-corrected chi connectivity index (χ3v) is 8.05. The van der Waals surface area contributed by atoms with E-state index in [1.54, 1.807) is 0 Å². The van der Waals surface area contributed by atoms with Gasteiger partial charge in [-0.25, -0.2) is 0 Å². The first-order chi connectivity index (χ1) is 16.1. The van der Waals surface area contributed by atoms with Crippen molar-refractivity contribution in [3.63, 3.8) is 0 Å². The van der Waals surface area contributed by atoms with Crippen molar-refractivity contribution in [3.05, 3.63) is 53.1 Å². The fraction of sp³-hybridized carbons (Fsp3) is 0.375. The van der Waals surface area contributed by atoms with Gasteiger partial charge in [0.15, 0.2) is 15.8 Å². The number of likely N-dealkylation sites (tertiary alicyclic amines) is 1. The van der Waals surface area contributed by atoms with E-state index in [0.29, 0.717) is 19.0 Å². The maximum atomic E-state index is 13.1. The van der Waals surface area contributed by atoms with E-state index in [9.17, 15) is 4.79 Å². The molecule has 1 unspecified atom stereocenters. The molecule has 5 rings (SSSR count). The zero-order valence-electron chi connectivity index (χ0n) is 18.7. The molecule has 1 N–H and O–H groups in total. The standard InChI is InChI=1S/C24H26N4O3S2/c1-15-5-3-6-18(16(15)2)25-23-26-27-24(33-23)32-14-22(29)28-10-4-7-19(28)17-8-9-20-21(13-17)31-12-11-30-20/h3,5-6,8-9,13,19H,4,7,10-12,14H2,1-2H3,(H,25,26). The Balaban J connectivity index is 1.21. The number of benzene rings is 2. The first kappa shape index (κ1) is 22.0. The predicted octanol–water partition coefficient (Wildman–Crippen LogP) is 5.13. The molecule has 2 aliphatic heterocycles. The second kappa shape index (κ2) is 9.61. The highest BCUT2D eigenvalue weighted by atomic mass is 32.2. The van der Waals surface area contributed by atoms with Crippen LogP contribution in [0.4, 0.5) is 10.8 Å². The molecule has 3 aromatic rings. The molecule has 2 aromatic carbocycles. The molecule has 0 saturated carbocycles. The Morgan fingerprint density at radius 3 is 2.91 bits per heavy atom. The van der Waals surface area contributed by atoms with E-state index in [0.717, 1.165) is 51.6 Å². The first-order valence-corrected chi connectivity index (χ1v) is 12.9. The number of thioether (sulfide) groups is 1. The molecule has 1 atom stereocenters. The van der Waals surface area contributed by atoms with Crippen LogP contribution >= 0.6 is 23.1 Å². The SMILES string of the molecule is Cc1cccc(Nc2nnc(SCC(=O)N3CCCC3c3ccc4c(c3)OCCO4)s2)c1C. The minimum absolute atomic E-state index is 0.0740. The van der Waals surface area contributed by atoms with Crippen LogP contribution in [0.3, 0.4) is 0 Å². The molecule has 33 heavy (non-hydrogen) atoms. The topological polar surface area (TPSA) is 76.6 Å². The van der Waals surface area contributed by atoms with Gasteiger partial charge in [0, 0.05) is 12.2 Å². The summed E-state index contributed by atoms with van der Waals surface area (Å²) >= 11 is 2.91. The van der Waals surface area contributed by atoms with Gasteiger partial charge in [-0.3, -0.25) is 4.79 Å². The summed E-state index contributed by atoms with van der Waals surface area (Å²) in [6.07, 6.45) is 1.96. The molecule has 1 aromatic heterocycles. The molecule has 0 aliphatic carbocycles. The van der Waals surface area contributed by atoms with Crippen LogP contribution in [0.15, 0.2) is 40.7 Å². The number of amides is 1. The second-order valence-corrected chi connectivity index (χ2v) is 10.4. The molecule has 1 fully saturated rings.